The zero-order valence-electron chi connectivity index (χ0n) is 11.0. The first kappa shape index (κ1) is 14.2. The molecule has 0 saturated carbocycles. The number of likely N-dealkylation sites (N-methyl/N-ethyl adjacent to an activating group) is 2. The van der Waals surface area contributed by atoms with Gasteiger partial charge in [-0.1, -0.05) is 12.1 Å². The summed E-state index contributed by atoms with van der Waals surface area (Å²) in [6.07, 6.45) is 0.313. The predicted octanol–water partition coefficient (Wildman–Crippen LogP) is 0.475. The van der Waals surface area contributed by atoms with E-state index >= 15 is 0 Å². The molecule has 0 saturated heterocycles. The van der Waals surface area contributed by atoms with E-state index in [-0.39, 0.29) is 11.8 Å². The number of anilines is 1. The molecule has 18 heavy (non-hydrogen) atoms. The first-order chi connectivity index (χ1) is 8.51. The van der Waals surface area contributed by atoms with E-state index in [1.807, 2.05) is 32.3 Å². The van der Waals surface area contributed by atoms with Gasteiger partial charge >= 0.3 is 0 Å². The number of rotatable bonds is 5. The van der Waals surface area contributed by atoms with E-state index in [2.05, 4.69) is 10.6 Å². The van der Waals surface area contributed by atoms with Crippen LogP contribution in [0.3, 0.4) is 0 Å². The Balaban J connectivity index is 2.64. The summed E-state index contributed by atoms with van der Waals surface area (Å²) in [4.78, 5) is 24.6. The second kappa shape index (κ2) is 6.76. The standard InChI is InChI=1S/C13H19N3O2/c1-14-12(17)8-10-5-4-6-11(7-10)15-13(18)9-16(2)3/h4-7H,8-9H2,1-3H3,(H,14,17)(H,15,18). The monoisotopic (exact) mass is 249 g/mol. The average Bonchev–Trinajstić information content (AvgIpc) is 2.28. The van der Waals surface area contributed by atoms with E-state index in [4.69, 9.17) is 0 Å². The minimum atomic E-state index is -0.0721. The summed E-state index contributed by atoms with van der Waals surface area (Å²) in [6, 6.07) is 7.30. The molecule has 98 valence electrons. The second-order valence-electron chi connectivity index (χ2n) is 4.34. The van der Waals surface area contributed by atoms with Gasteiger partial charge in [0.05, 0.1) is 13.0 Å². The molecule has 0 heterocycles. The van der Waals surface area contributed by atoms with Gasteiger partial charge in [0.25, 0.3) is 0 Å². The lowest BCUT2D eigenvalue weighted by atomic mass is 10.1. The summed E-state index contributed by atoms with van der Waals surface area (Å²) in [6.45, 7) is 0.333. The lowest BCUT2D eigenvalue weighted by molar-refractivity contribution is -0.120. The third kappa shape index (κ3) is 4.97. The molecule has 0 fully saturated rings. The molecule has 0 aromatic heterocycles. The lowest BCUT2D eigenvalue weighted by Crippen LogP contribution is -2.27. The Morgan fingerprint density at radius 1 is 1.22 bits per heavy atom. The van der Waals surface area contributed by atoms with Gasteiger partial charge < -0.3 is 15.5 Å². The van der Waals surface area contributed by atoms with Gasteiger partial charge in [0.15, 0.2) is 0 Å². The first-order valence-corrected chi connectivity index (χ1v) is 5.75. The van der Waals surface area contributed by atoms with Crippen molar-refractivity contribution in [3.63, 3.8) is 0 Å². The first-order valence-electron chi connectivity index (χ1n) is 5.75. The molecular formula is C13H19N3O2. The van der Waals surface area contributed by atoms with Crippen molar-refractivity contribution in [2.24, 2.45) is 0 Å². The molecule has 0 radical (unpaired) electrons. The topological polar surface area (TPSA) is 61.4 Å². The summed E-state index contributed by atoms with van der Waals surface area (Å²) in [5.41, 5.74) is 1.58. The summed E-state index contributed by atoms with van der Waals surface area (Å²) < 4.78 is 0. The number of hydrogen-bond donors (Lipinski definition) is 2. The highest BCUT2D eigenvalue weighted by Gasteiger charge is 2.05. The van der Waals surface area contributed by atoms with E-state index in [1.165, 1.54) is 0 Å². The number of carbonyl (C=O) groups excluding carboxylic acids is 2. The molecule has 0 atom stereocenters. The van der Waals surface area contributed by atoms with Crippen LogP contribution in [0, 0.1) is 0 Å². The number of carbonyl (C=O) groups is 2. The van der Waals surface area contributed by atoms with Gasteiger partial charge in [0.1, 0.15) is 0 Å². The number of nitrogens with zero attached hydrogens (tertiary/aromatic N) is 1. The van der Waals surface area contributed by atoms with Crippen LogP contribution in [0.2, 0.25) is 0 Å². The quantitative estimate of drug-likeness (QED) is 0.797. The smallest absolute Gasteiger partial charge is 0.238 e. The van der Waals surface area contributed by atoms with E-state index in [0.29, 0.717) is 18.7 Å². The highest BCUT2D eigenvalue weighted by atomic mass is 16.2. The normalized spacial score (nSPS) is 10.2. The second-order valence-corrected chi connectivity index (χ2v) is 4.34. The molecule has 0 bridgehead atoms. The van der Waals surface area contributed by atoms with Crippen molar-refractivity contribution >= 4 is 17.5 Å². The van der Waals surface area contributed by atoms with Crippen LogP contribution in [0.1, 0.15) is 5.56 Å². The van der Waals surface area contributed by atoms with E-state index in [0.717, 1.165) is 5.56 Å². The molecule has 0 aliphatic carbocycles. The van der Waals surface area contributed by atoms with Crippen LogP contribution in [-0.4, -0.2) is 44.4 Å². The van der Waals surface area contributed by atoms with Gasteiger partial charge in [0, 0.05) is 12.7 Å². The minimum Gasteiger partial charge on any atom is -0.359 e. The van der Waals surface area contributed by atoms with Crippen molar-refractivity contribution in [2.75, 3.05) is 33.0 Å². The Kier molecular flexibility index (Phi) is 5.32. The number of benzene rings is 1. The summed E-state index contributed by atoms with van der Waals surface area (Å²) >= 11 is 0. The number of hydrogen-bond acceptors (Lipinski definition) is 3. The molecule has 0 unspecified atom stereocenters. The molecule has 0 spiro atoms. The van der Waals surface area contributed by atoms with Crippen molar-refractivity contribution in [1.29, 1.82) is 0 Å². The molecular weight excluding hydrogens is 230 g/mol. The zero-order chi connectivity index (χ0) is 13.5. The summed E-state index contributed by atoms with van der Waals surface area (Å²) in [7, 11) is 5.27. The van der Waals surface area contributed by atoms with Gasteiger partial charge in [-0.3, -0.25) is 9.59 Å². The van der Waals surface area contributed by atoms with Gasteiger partial charge in [-0.05, 0) is 31.8 Å². The van der Waals surface area contributed by atoms with Crippen LogP contribution >= 0.6 is 0 Å². The largest absolute Gasteiger partial charge is 0.359 e. The highest BCUT2D eigenvalue weighted by molar-refractivity contribution is 5.92. The molecule has 1 aromatic carbocycles. The summed E-state index contributed by atoms with van der Waals surface area (Å²) in [5.74, 6) is -0.121. The van der Waals surface area contributed by atoms with Crippen molar-refractivity contribution in [1.82, 2.24) is 10.2 Å². The fourth-order valence-electron chi connectivity index (χ4n) is 1.52. The Morgan fingerprint density at radius 2 is 1.94 bits per heavy atom. The van der Waals surface area contributed by atoms with Gasteiger partial charge in [-0.15, -0.1) is 0 Å². The lowest BCUT2D eigenvalue weighted by Gasteiger charge is -2.10. The molecule has 0 aliphatic heterocycles. The van der Waals surface area contributed by atoms with Crippen molar-refractivity contribution in [2.45, 2.75) is 6.42 Å². The van der Waals surface area contributed by atoms with Crippen LogP contribution in [-0.2, 0) is 16.0 Å². The van der Waals surface area contributed by atoms with Crippen LogP contribution < -0.4 is 10.6 Å². The number of nitrogens with one attached hydrogen (secondary N) is 2. The fourth-order valence-corrected chi connectivity index (χ4v) is 1.52. The average molecular weight is 249 g/mol. The highest BCUT2D eigenvalue weighted by Crippen LogP contribution is 2.11. The van der Waals surface area contributed by atoms with Gasteiger partial charge in [0.2, 0.25) is 11.8 Å². The SMILES string of the molecule is CNC(=O)Cc1cccc(NC(=O)CN(C)C)c1. The van der Waals surface area contributed by atoms with Crippen molar-refractivity contribution in [3.05, 3.63) is 29.8 Å². The number of amides is 2. The Bertz CT molecular complexity index is 430. The van der Waals surface area contributed by atoms with Gasteiger partial charge in [-0.25, -0.2) is 0 Å². The van der Waals surface area contributed by atoms with Gasteiger partial charge in [-0.2, -0.15) is 0 Å². The van der Waals surface area contributed by atoms with E-state index in [1.54, 1.807) is 18.0 Å². The third-order valence-corrected chi connectivity index (χ3v) is 2.31. The molecule has 2 N–H and O–H groups in total. The maximum Gasteiger partial charge on any atom is 0.238 e. The predicted molar refractivity (Wildman–Crippen MR) is 71.4 cm³/mol. The zero-order valence-corrected chi connectivity index (χ0v) is 11.0. The minimum absolute atomic E-state index is 0.0493. The third-order valence-electron chi connectivity index (χ3n) is 2.31. The van der Waals surface area contributed by atoms with Crippen LogP contribution in [0.5, 0.6) is 0 Å². The molecule has 2 amide bonds. The Labute approximate surface area is 107 Å². The summed E-state index contributed by atoms with van der Waals surface area (Å²) in [5, 5.41) is 5.36. The van der Waals surface area contributed by atoms with Crippen molar-refractivity contribution < 1.29 is 9.59 Å². The fraction of sp³-hybridized carbons (Fsp3) is 0.385. The van der Waals surface area contributed by atoms with Crippen molar-refractivity contribution in [3.8, 4) is 0 Å². The molecule has 1 rings (SSSR count). The van der Waals surface area contributed by atoms with Crippen LogP contribution in [0.4, 0.5) is 5.69 Å². The Morgan fingerprint density at radius 3 is 2.56 bits per heavy atom. The molecule has 5 nitrogen and oxygen atoms in total. The van der Waals surface area contributed by atoms with E-state index < -0.39 is 0 Å². The molecule has 1 aromatic rings. The van der Waals surface area contributed by atoms with E-state index in [9.17, 15) is 9.59 Å². The van der Waals surface area contributed by atoms with Crippen LogP contribution in [0.25, 0.3) is 0 Å². The molecule has 5 heteroatoms. The maximum atomic E-state index is 11.6. The maximum absolute atomic E-state index is 11.6. The Hall–Kier alpha value is -1.88. The van der Waals surface area contributed by atoms with Crippen LogP contribution in [0.15, 0.2) is 24.3 Å². The molecule has 0 aliphatic rings.